The molecule has 1 aromatic heterocycles. The second-order valence-electron chi connectivity index (χ2n) is 3.65. The molecule has 16 heavy (non-hydrogen) atoms. The van der Waals surface area contributed by atoms with Crippen LogP contribution in [0, 0.1) is 0 Å². The van der Waals surface area contributed by atoms with Gasteiger partial charge in [0.1, 0.15) is 5.76 Å². The molecule has 0 spiro atoms. The van der Waals surface area contributed by atoms with E-state index in [2.05, 4.69) is 5.32 Å². The van der Waals surface area contributed by atoms with E-state index in [1.165, 1.54) is 0 Å². The highest BCUT2D eigenvalue weighted by atomic mass is 35.5. The lowest BCUT2D eigenvalue weighted by Crippen LogP contribution is -2.18. The third-order valence-electron chi connectivity index (χ3n) is 2.61. The Bertz CT molecular complexity index is 439. The molecule has 84 valence electrons. The van der Waals surface area contributed by atoms with Gasteiger partial charge >= 0.3 is 0 Å². The molecule has 0 amide bonds. The number of halogens is 1. The van der Waals surface area contributed by atoms with Crippen LogP contribution in [-0.4, -0.2) is 7.05 Å². The maximum absolute atomic E-state index is 6.17. The zero-order chi connectivity index (χ0) is 11.4. The maximum Gasteiger partial charge on any atom is 0.105 e. The Morgan fingerprint density at radius 3 is 2.69 bits per heavy atom. The highest BCUT2D eigenvalue weighted by Gasteiger charge is 2.14. The molecule has 3 heteroatoms. The van der Waals surface area contributed by atoms with Crippen LogP contribution in [0.15, 0.2) is 47.1 Å². The van der Waals surface area contributed by atoms with Gasteiger partial charge in [-0.05, 0) is 30.8 Å². The minimum absolute atomic E-state index is 0.180. The average molecular weight is 236 g/mol. The number of furan rings is 1. The first-order valence-corrected chi connectivity index (χ1v) is 5.63. The van der Waals surface area contributed by atoms with E-state index in [1.54, 1.807) is 6.26 Å². The van der Waals surface area contributed by atoms with Gasteiger partial charge in [-0.3, -0.25) is 0 Å². The Morgan fingerprint density at radius 1 is 1.25 bits per heavy atom. The normalized spacial score (nSPS) is 12.6. The van der Waals surface area contributed by atoms with E-state index < -0.39 is 0 Å². The van der Waals surface area contributed by atoms with E-state index in [0.29, 0.717) is 0 Å². The summed E-state index contributed by atoms with van der Waals surface area (Å²) in [5.41, 5.74) is 1.10. The average Bonchev–Trinajstić information content (AvgIpc) is 2.80. The van der Waals surface area contributed by atoms with Crippen LogP contribution in [0.4, 0.5) is 0 Å². The third kappa shape index (κ3) is 2.46. The molecule has 2 rings (SSSR count). The van der Waals surface area contributed by atoms with E-state index in [0.717, 1.165) is 22.8 Å². The molecular weight excluding hydrogens is 222 g/mol. The Morgan fingerprint density at radius 2 is 2.06 bits per heavy atom. The van der Waals surface area contributed by atoms with Crippen LogP contribution >= 0.6 is 11.6 Å². The summed E-state index contributed by atoms with van der Waals surface area (Å²) in [6.45, 7) is 0. The van der Waals surface area contributed by atoms with Gasteiger partial charge in [0.15, 0.2) is 0 Å². The molecule has 0 bridgehead atoms. The van der Waals surface area contributed by atoms with Gasteiger partial charge in [-0.2, -0.15) is 0 Å². The third-order valence-corrected chi connectivity index (χ3v) is 2.96. The van der Waals surface area contributed by atoms with Crippen molar-refractivity contribution in [2.45, 2.75) is 12.5 Å². The highest BCUT2D eigenvalue weighted by molar-refractivity contribution is 6.31. The van der Waals surface area contributed by atoms with Crippen molar-refractivity contribution in [3.05, 3.63) is 59.0 Å². The summed E-state index contributed by atoms with van der Waals surface area (Å²) in [5, 5.41) is 4.04. The first-order valence-electron chi connectivity index (χ1n) is 5.25. The Balaban J connectivity index is 2.20. The van der Waals surface area contributed by atoms with Crippen LogP contribution in [0.25, 0.3) is 0 Å². The van der Waals surface area contributed by atoms with Crippen LogP contribution < -0.4 is 5.32 Å². The van der Waals surface area contributed by atoms with E-state index in [4.69, 9.17) is 16.0 Å². The molecule has 2 aromatic rings. The lowest BCUT2D eigenvalue weighted by molar-refractivity contribution is 0.466. The Labute approximate surface area is 100 Å². The van der Waals surface area contributed by atoms with Gasteiger partial charge in [0.2, 0.25) is 0 Å². The number of benzene rings is 1. The molecule has 0 aliphatic heterocycles. The number of nitrogens with one attached hydrogen (secondary N) is 1. The van der Waals surface area contributed by atoms with E-state index >= 15 is 0 Å². The Hall–Kier alpha value is -1.25. The second-order valence-corrected chi connectivity index (χ2v) is 4.05. The van der Waals surface area contributed by atoms with E-state index in [9.17, 15) is 0 Å². The first kappa shape index (κ1) is 11.2. The van der Waals surface area contributed by atoms with Gasteiger partial charge in [-0.25, -0.2) is 0 Å². The molecule has 2 nitrogen and oxygen atoms in total. The van der Waals surface area contributed by atoms with Crippen LogP contribution in [0.3, 0.4) is 0 Å². The van der Waals surface area contributed by atoms with Crippen molar-refractivity contribution < 1.29 is 4.42 Å². The predicted molar refractivity (Wildman–Crippen MR) is 65.7 cm³/mol. The van der Waals surface area contributed by atoms with Crippen molar-refractivity contribution in [3.63, 3.8) is 0 Å². The molecule has 1 unspecified atom stereocenters. The summed E-state index contributed by atoms with van der Waals surface area (Å²) >= 11 is 6.17. The van der Waals surface area contributed by atoms with Gasteiger partial charge in [-0.15, -0.1) is 0 Å². The summed E-state index contributed by atoms with van der Waals surface area (Å²) in [4.78, 5) is 0. The van der Waals surface area contributed by atoms with Crippen LogP contribution in [0.2, 0.25) is 5.02 Å². The van der Waals surface area contributed by atoms with Crippen LogP contribution in [0.1, 0.15) is 17.4 Å². The fourth-order valence-corrected chi connectivity index (χ4v) is 2.02. The monoisotopic (exact) mass is 235 g/mol. The summed E-state index contributed by atoms with van der Waals surface area (Å²) in [7, 11) is 1.93. The highest BCUT2D eigenvalue weighted by Crippen LogP contribution is 2.25. The van der Waals surface area contributed by atoms with Crippen molar-refractivity contribution in [2.24, 2.45) is 0 Å². The van der Waals surface area contributed by atoms with Gasteiger partial charge in [-0.1, -0.05) is 29.8 Å². The number of rotatable bonds is 4. The van der Waals surface area contributed by atoms with Crippen molar-refractivity contribution in [1.82, 2.24) is 5.32 Å². The molecule has 0 radical (unpaired) electrons. The topological polar surface area (TPSA) is 25.2 Å². The molecule has 0 aliphatic carbocycles. The van der Waals surface area contributed by atoms with E-state index in [-0.39, 0.29) is 6.04 Å². The van der Waals surface area contributed by atoms with Crippen LogP contribution in [0.5, 0.6) is 0 Å². The molecule has 1 atom stereocenters. The summed E-state index contributed by atoms with van der Waals surface area (Å²) in [6.07, 6.45) is 2.49. The van der Waals surface area contributed by atoms with Crippen molar-refractivity contribution in [2.75, 3.05) is 7.05 Å². The lowest BCUT2D eigenvalue weighted by atomic mass is 10.0. The quantitative estimate of drug-likeness (QED) is 0.878. The smallest absolute Gasteiger partial charge is 0.105 e. The molecular formula is C13H14ClNO. The molecule has 0 fully saturated rings. The summed E-state index contributed by atoms with van der Waals surface area (Å²) in [6, 6.07) is 11.9. The Kier molecular flexibility index (Phi) is 3.65. The SMILES string of the molecule is CNC(Cc1ccco1)c1ccccc1Cl. The van der Waals surface area contributed by atoms with Gasteiger partial charge in [0.25, 0.3) is 0 Å². The zero-order valence-electron chi connectivity index (χ0n) is 9.11. The van der Waals surface area contributed by atoms with E-state index in [1.807, 2.05) is 43.4 Å². The minimum atomic E-state index is 0.180. The van der Waals surface area contributed by atoms with Gasteiger partial charge in [0.05, 0.1) is 6.26 Å². The number of hydrogen-bond acceptors (Lipinski definition) is 2. The van der Waals surface area contributed by atoms with Crippen LogP contribution in [-0.2, 0) is 6.42 Å². The second kappa shape index (κ2) is 5.19. The predicted octanol–water partition coefficient (Wildman–Crippen LogP) is 3.44. The first-order chi connectivity index (χ1) is 7.81. The molecule has 1 heterocycles. The standard InChI is InChI=1S/C13H14ClNO/c1-15-13(9-10-5-4-8-16-10)11-6-2-3-7-12(11)14/h2-8,13,15H,9H2,1H3. The fourth-order valence-electron chi connectivity index (χ4n) is 1.76. The molecule has 0 saturated heterocycles. The van der Waals surface area contributed by atoms with Gasteiger partial charge < -0.3 is 9.73 Å². The summed E-state index contributed by atoms with van der Waals surface area (Å²) < 4.78 is 5.34. The molecule has 0 saturated carbocycles. The molecule has 1 N–H and O–H groups in total. The summed E-state index contributed by atoms with van der Waals surface area (Å²) in [5.74, 6) is 0.958. The number of likely N-dealkylation sites (N-methyl/N-ethyl adjacent to an activating group) is 1. The van der Waals surface area contributed by atoms with Gasteiger partial charge in [0, 0.05) is 17.5 Å². The van der Waals surface area contributed by atoms with Crippen molar-refractivity contribution >= 4 is 11.6 Å². The number of hydrogen-bond donors (Lipinski definition) is 1. The van der Waals surface area contributed by atoms with Crippen molar-refractivity contribution in [1.29, 1.82) is 0 Å². The molecule has 1 aromatic carbocycles. The minimum Gasteiger partial charge on any atom is -0.469 e. The fraction of sp³-hybridized carbons (Fsp3) is 0.231. The zero-order valence-corrected chi connectivity index (χ0v) is 9.87. The molecule has 0 aliphatic rings. The lowest BCUT2D eigenvalue weighted by Gasteiger charge is -2.16. The largest absolute Gasteiger partial charge is 0.469 e. The van der Waals surface area contributed by atoms with Crippen molar-refractivity contribution in [3.8, 4) is 0 Å². The maximum atomic E-state index is 6.17.